The summed E-state index contributed by atoms with van der Waals surface area (Å²) in [6, 6.07) is 1.94. The van der Waals surface area contributed by atoms with Crippen molar-refractivity contribution in [2.24, 2.45) is 0 Å². The summed E-state index contributed by atoms with van der Waals surface area (Å²) < 4.78 is 34.6. The number of aliphatic hydroxyl groups excluding tert-OH is 2. The van der Waals surface area contributed by atoms with E-state index in [0.29, 0.717) is 17.0 Å². The van der Waals surface area contributed by atoms with Gasteiger partial charge in [-0.05, 0) is 12.8 Å². The summed E-state index contributed by atoms with van der Waals surface area (Å²) in [5.74, 6) is -1.37. The number of halogens is 1. The Balaban J connectivity index is 1.53. The van der Waals surface area contributed by atoms with Crippen LogP contribution in [0.5, 0.6) is 0 Å². The van der Waals surface area contributed by atoms with E-state index in [0.717, 1.165) is 25.7 Å². The molecule has 6 N–H and O–H groups in total. The molecule has 2 fully saturated rings. The van der Waals surface area contributed by atoms with Gasteiger partial charge in [0.25, 0.3) is 0 Å². The molecule has 2 aromatic rings. The molecule has 1 unspecified atom stereocenters. The minimum absolute atomic E-state index is 0.175. The third kappa shape index (κ3) is 5.76. The fourth-order valence-corrected chi connectivity index (χ4v) is 6.89. The number of nitrogens with zero attached hydrogens (tertiary/aromatic N) is 3. The van der Waals surface area contributed by atoms with Crippen molar-refractivity contribution in [3.8, 4) is 0 Å². The first-order chi connectivity index (χ1) is 15.4. The lowest BCUT2D eigenvalue weighted by atomic mass is 10.1. The average molecular weight is 527 g/mol. The number of aromatic nitrogens is 3. The van der Waals surface area contributed by atoms with Gasteiger partial charge in [0.2, 0.25) is 0 Å². The SMILES string of the molecule is O=P(O)(O)CP(=O)(O)OC[C@H]1O[C@@H](c2cnc3c(NC4CCCC4)cc(Cl)nn23)[C@H](O)[C@@H]1O. The highest BCUT2D eigenvalue weighted by atomic mass is 35.5. The first-order valence-electron chi connectivity index (χ1n) is 10.3. The van der Waals surface area contributed by atoms with Crippen LogP contribution in [0.2, 0.25) is 5.15 Å². The van der Waals surface area contributed by atoms with Gasteiger partial charge in [-0.1, -0.05) is 24.4 Å². The van der Waals surface area contributed by atoms with Gasteiger partial charge in [0.15, 0.2) is 16.7 Å². The minimum atomic E-state index is -4.80. The fraction of sp³-hybridized carbons (Fsp3) is 0.647. The van der Waals surface area contributed by atoms with Gasteiger partial charge in [0.1, 0.15) is 24.4 Å². The lowest BCUT2D eigenvalue weighted by Crippen LogP contribution is -2.33. The van der Waals surface area contributed by atoms with Gasteiger partial charge in [0, 0.05) is 12.1 Å². The van der Waals surface area contributed by atoms with Crippen molar-refractivity contribution >= 4 is 38.1 Å². The fourth-order valence-electron chi connectivity index (χ4n) is 4.14. The Bertz CT molecular complexity index is 1110. The van der Waals surface area contributed by atoms with Crippen molar-refractivity contribution in [1.29, 1.82) is 0 Å². The molecular formula is C17H25ClN4O9P2. The molecule has 0 aromatic carbocycles. The van der Waals surface area contributed by atoms with E-state index in [1.54, 1.807) is 6.07 Å². The molecule has 1 aliphatic carbocycles. The van der Waals surface area contributed by atoms with Gasteiger partial charge < -0.3 is 39.5 Å². The summed E-state index contributed by atoms with van der Waals surface area (Å²) in [5, 5.41) is 28.7. The zero-order chi connectivity index (χ0) is 24.0. The van der Waals surface area contributed by atoms with Crippen molar-refractivity contribution in [3.63, 3.8) is 0 Å². The number of ether oxygens (including phenoxy) is 1. The molecule has 1 saturated heterocycles. The Morgan fingerprint density at radius 3 is 2.58 bits per heavy atom. The molecule has 33 heavy (non-hydrogen) atoms. The van der Waals surface area contributed by atoms with Crippen LogP contribution in [0.3, 0.4) is 0 Å². The highest BCUT2D eigenvalue weighted by Crippen LogP contribution is 2.55. The highest BCUT2D eigenvalue weighted by molar-refractivity contribution is 7.70. The number of nitrogens with one attached hydrogen (secondary N) is 1. The van der Waals surface area contributed by atoms with Gasteiger partial charge >= 0.3 is 15.2 Å². The number of hydrogen-bond donors (Lipinski definition) is 6. The van der Waals surface area contributed by atoms with Crippen LogP contribution in [0.4, 0.5) is 5.69 Å². The second-order valence-electron chi connectivity index (χ2n) is 8.24. The maximum Gasteiger partial charge on any atom is 0.340 e. The largest absolute Gasteiger partial charge is 0.387 e. The molecule has 0 radical (unpaired) electrons. The minimum Gasteiger partial charge on any atom is -0.387 e. The average Bonchev–Trinajstić information content (AvgIpc) is 3.40. The third-order valence-corrected chi connectivity index (χ3v) is 9.28. The van der Waals surface area contributed by atoms with Crippen molar-refractivity contribution in [3.05, 3.63) is 23.1 Å². The van der Waals surface area contributed by atoms with Crippen molar-refractivity contribution in [2.75, 3.05) is 17.8 Å². The van der Waals surface area contributed by atoms with Gasteiger partial charge in [-0.15, -0.1) is 0 Å². The standard InChI is InChI=1S/C17H25ClN4O9P2/c18-13-5-10(20-9-3-1-2-4-9)17-19-6-11(22(17)21-13)16-15(24)14(23)12(31-16)7-30-33(28,29)8-32(25,26)27/h5-6,9,12,14-16,20,23-24H,1-4,7-8H2,(H,28,29)(H2,25,26,27)/t12-,14-,15-,16+/m1/s1. The summed E-state index contributed by atoms with van der Waals surface area (Å²) in [5.41, 5.74) is 1.41. The molecule has 2 aliphatic rings. The van der Waals surface area contributed by atoms with Crippen LogP contribution in [-0.4, -0.2) is 76.4 Å². The van der Waals surface area contributed by atoms with E-state index < -0.39 is 52.1 Å². The molecule has 2 aromatic heterocycles. The Kier molecular flexibility index (Phi) is 7.20. The van der Waals surface area contributed by atoms with E-state index in [1.165, 1.54) is 10.7 Å². The van der Waals surface area contributed by atoms with Crippen LogP contribution in [0.1, 0.15) is 37.5 Å². The van der Waals surface area contributed by atoms with E-state index >= 15 is 0 Å². The normalized spacial score (nSPS) is 28.4. The monoisotopic (exact) mass is 526 g/mol. The molecule has 4 rings (SSSR count). The maximum absolute atomic E-state index is 11.9. The Hall–Kier alpha value is -1.11. The molecule has 1 aliphatic heterocycles. The maximum atomic E-state index is 11.9. The molecular weight excluding hydrogens is 502 g/mol. The lowest BCUT2D eigenvalue weighted by Gasteiger charge is -2.18. The summed E-state index contributed by atoms with van der Waals surface area (Å²) >= 11 is 6.20. The summed E-state index contributed by atoms with van der Waals surface area (Å²) in [6.45, 7) is -0.679. The predicted octanol–water partition coefficient (Wildman–Crippen LogP) is 1.24. The molecule has 5 atom stereocenters. The molecule has 13 nitrogen and oxygen atoms in total. The number of hydrogen-bond acceptors (Lipinski definition) is 9. The van der Waals surface area contributed by atoms with Gasteiger partial charge in [-0.2, -0.15) is 5.10 Å². The Morgan fingerprint density at radius 1 is 1.21 bits per heavy atom. The van der Waals surface area contributed by atoms with Crippen molar-refractivity contribution < 1.29 is 43.3 Å². The molecule has 16 heteroatoms. The number of rotatable bonds is 8. The number of aliphatic hydroxyl groups is 2. The van der Waals surface area contributed by atoms with Crippen LogP contribution in [0, 0.1) is 0 Å². The first-order valence-corrected chi connectivity index (χ1v) is 14.2. The number of anilines is 1. The molecule has 1 saturated carbocycles. The molecule has 3 heterocycles. The van der Waals surface area contributed by atoms with Crippen LogP contribution < -0.4 is 5.32 Å². The summed E-state index contributed by atoms with van der Waals surface area (Å²) in [7, 11) is -9.46. The second kappa shape index (κ2) is 9.50. The zero-order valence-corrected chi connectivity index (χ0v) is 19.8. The Labute approximate surface area is 193 Å². The molecule has 184 valence electrons. The summed E-state index contributed by atoms with van der Waals surface area (Å²) in [6.07, 6.45) is 0.403. The van der Waals surface area contributed by atoms with Crippen LogP contribution in [-0.2, 0) is 18.4 Å². The van der Waals surface area contributed by atoms with Gasteiger partial charge in [-0.25, -0.2) is 9.50 Å². The second-order valence-corrected chi connectivity index (χ2v) is 12.6. The zero-order valence-electron chi connectivity index (χ0n) is 17.3. The van der Waals surface area contributed by atoms with E-state index in [9.17, 15) is 24.2 Å². The van der Waals surface area contributed by atoms with Crippen LogP contribution in [0.15, 0.2) is 12.3 Å². The van der Waals surface area contributed by atoms with E-state index in [2.05, 4.69) is 15.4 Å². The topological polar surface area (TPSA) is 196 Å². The van der Waals surface area contributed by atoms with Crippen molar-refractivity contribution in [2.45, 2.75) is 56.1 Å². The Morgan fingerprint density at radius 2 is 1.91 bits per heavy atom. The first kappa shape index (κ1) is 25.0. The third-order valence-electron chi connectivity index (χ3n) is 5.64. The number of imidazole rings is 1. The van der Waals surface area contributed by atoms with Gasteiger partial charge in [-0.3, -0.25) is 9.13 Å². The lowest BCUT2D eigenvalue weighted by molar-refractivity contribution is -0.0204. The predicted molar refractivity (Wildman–Crippen MR) is 116 cm³/mol. The summed E-state index contributed by atoms with van der Waals surface area (Å²) in [4.78, 5) is 31.8. The van der Waals surface area contributed by atoms with E-state index in [1.807, 2.05) is 0 Å². The molecule has 0 bridgehead atoms. The van der Waals surface area contributed by atoms with E-state index in [4.69, 9.17) is 30.6 Å². The molecule has 0 amide bonds. The number of fused-ring (bicyclic) bond motifs is 1. The highest BCUT2D eigenvalue weighted by Gasteiger charge is 2.46. The smallest absolute Gasteiger partial charge is 0.340 e. The van der Waals surface area contributed by atoms with E-state index in [-0.39, 0.29) is 11.2 Å². The van der Waals surface area contributed by atoms with Gasteiger partial charge in [0.05, 0.1) is 24.2 Å². The van der Waals surface area contributed by atoms with Crippen LogP contribution >= 0.6 is 26.8 Å². The quantitative estimate of drug-likeness (QED) is 0.270. The molecule has 0 spiro atoms. The van der Waals surface area contributed by atoms with Crippen molar-refractivity contribution in [1.82, 2.24) is 14.6 Å². The van der Waals surface area contributed by atoms with Crippen LogP contribution in [0.25, 0.3) is 5.65 Å².